The normalized spacial score (nSPS) is 17.9. The zero-order chi connectivity index (χ0) is 22.4. The summed E-state index contributed by atoms with van der Waals surface area (Å²) in [5, 5.41) is 5.72. The van der Waals surface area contributed by atoms with Crippen LogP contribution in [0.1, 0.15) is 24.0 Å². The van der Waals surface area contributed by atoms with Crippen molar-refractivity contribution in [2.75, 3.05) is 33.9 Å². The van der Waals surface area contributed by atoms with E-state index < -0.39 is 5.92 Å². The van der Waals surface area contributed by atoms with Crippen LogP contribution in [0.4, 0.5) is 9.18 Å². The van der Waals surface area contributed by atoms with Crippen LogP contribution in [0.25, 0.3) is 0 Å². The minimum Gasteiger partial charge on any atom is -0.497 e. The summed E-state index contributed by atoms with van der Waals surface area (Å²) in [4.78, 5) is 27.2. The molecule has 8 heteroatoms. The van der Waals surface area contributed by atoms with Crippen molar-refractivity contribution in [3.05, 3.63) is 59.4 Å². The van der Waals surface area contributed by atoms with E-state index in [-0.39, 0.29) is 30.2 Å². The van der Waals surface area contributed by atoms with Crippen molar-refractivity contribution in [1.29, 1.82) is 0 Å². The molecular formula is C23H28FN3O4. The molecule has 1 aliphatic heterocycles. The van der Waals surface area contributed by atoms with Crippen molar-refractivity contribution >= 4 is 11.9 Å². The summed E-state index contributed by atoms with van der Waals surface area (Å²) in [6.45, 7) is 3.32. The van der Waals surface area contributed by atoms with E-state index in [1.807, 2.05) is 19.1 Å². The van der Waals surface area contributed by atoms with Crippen molar-refractivity contribution in [3.8, 4) is 11.5 Å². The van der Waals surface area contributed by atoms with E-state index in [1.54, 1.807) is 37.3 Å². The summed E-state index contributed by atoms with van der Waals surface area (Å²) < 4.78 is 23.9. The van der Waals surface area contributed by atoms with Gasteiger partial charge in [-0.05, 0) is 30.7 Å². The number of ether oxygens (including phenoxy) is 2. The highest BCUT2D eigenvalue weighted by Gasteiger charge is 2.41. The van der Waals surface area contributed by atoms with Crippen molar-refractivity contribution in [2.45, 2.75) is 19.4 Å². The number of benzene rings is 2. The number of likely N-dealkylation sites (tertiary alicyclic amines) is 1. The molecule has 31 heavy (non-hydrogen) atoms. The number of amides is 3. The first-order valence-corrected chi connectivity index (χ1v) is 10.2. The highest BCUT2D eigenvalue weighted by Crippen LogP contribution is 2.39. The monoisotopic (exact) mass is 429 g/mol. The number of hydrogen-bond donors (Lipinski definition) is 2. The average Bonchev–Trinajstić information content (AvgIpc) is 3.23. The molecular weight excluding hydrogens is 401 g/mol. The molecule has 3 rings (SSSR count). The van der Waals surface area contributed by atoms with Gasteiger partial charge in [-0.3, -0.25) is 4.79 Å². The Kier molecular flexibility index (Phi) is 7.33. The Labute approximate surface area is 181 Å². The van der Waals surface area contributed by atoms with Crippen molar-refractivity contribution in [2.24, 2.45) is 5.92 Å². The lowest BCUT2D eigenvalue weighted by Crippen LogP contribution is -2.39. The second kappa shape index (κ2) is 10.1. The minimum absolute atomic E-state index is 0.168. The summed E-state index contributed by atoms with van der Waals surface area (Å²) in [5.74, 6) is 0.0751. The van der Waals surface area contributed by atoms with E-state index in [2.05, 4.69) is 10.6 Å². The third-order valence-electron chi connectivity index (χ3n) is 5.49. The maximum absolute atomic E-state index is 13.1. The molecule has 1 aliphatic rings. The standard InChI is InChI=1S/C23H28FN3O4/c1-4-25-23(29)27-13-19(18-10-9-17(30-2)11-21(18)31-3)20(14-27)22(28)26-12-15-5-7-16(24)8-6-15/h5-11,19-20H,4,12-14H2,1-3H3,(H,25,29)(H,26,28). The van der Waals surface area contributed by atoms with Crippen LogP contribution in [-0.2, 0) is 11.3 Å². The van der Waals surface area contributed by atoms with Crippen molar-refractivity contribution < 1.29 is 23.5 Å². The molecule has 0 radical (unpaired) electrons. The van der Waals surface area contributed by atoms with Crippen LogP contribution in [0.2, 0.25) is 0 Å². The van der Waals surface area contributed by atoms with Gasteiger partial charge >= 0.3 is 6.03 Å². The molecule has 0 saturated carbocycles. The average molecular weight is 429 g/mol. The van der Waals surface area contributed by atoms with E-state index in [0.717, 1.165) is 11.1 Å². The Morgan fingerprint density at radius 1 is 1.06 bits per heavy atom. The van der Waals surface area contributed by atoms with Gasteiger partial charge in [-0.25, -0.2) is 9.18 Å². The highest BCUT2D eigenvalue weighted by molar-refractivity contribution is 5.83. The van der Waals surface area contributed by atoms with E-state index in [9.17, 15) is 14.0 Å². The molecule has 2 N–H and O–H groups in total. The smallest absolute Gasteiger partial charge is 0.317 e. The predicted molar refractivity (Wildman–Crippen MR) is 115 cm³/mol. The molecule has 2 aromatic carbocycles. The summed E-state index contributed by atoms with van der Waals surface area (Å²) in [7, 11) is 3.14. The van der Waals surface area contributed by atoms with Gasteiger partial charge < -0.3 is 25.0 Å². The third-order valence-corrected chi connectivity index (χ3v) is 5.49. The fourth-order valence-corrected chi connectivity index (χ4v) is 3.86. The number of carbonyl (C=O) groups is 2. The fraction of sp³-hybridized carbons (Fsp3) is 0.391. The molecule has 2 aromatic rings. The number of nitrogens with one attached hydrogen (secondary N) is 2. The Bertz CT molecular complexity index is 920. The second-order valence-electron chi connectivity index (χ2n) is 7.41. The van der Waals surface area contributed by atoms with E-state index in [1.165, 1.54) is 12.1 Å². The van der Waals surface area contributed by atoms with Gasteiger partial charge in [0.25, 0.3) is 0 Å². The van der Waals surface area contributed by atoms with Gasteiger partial charge in [0.1, 0.15) is 17.3 Å². The third kappa shape index (κ3) is 5.25. The molecule has 3 amide bonds. The van der Waals surface area contributed by atoms with Gasteiger partial charge in [0.05, 0.1) is 20.1 Å². The van der Waals surface area contributed by atoms with Crippen LogP contribution in [-0.4, -0.2) is 50.7 Å². The largest absolute Gasteiger partial charge is 0.497 e. The first kappa shape index (κ1) is 22.4. The Balaban J connectivity index is 1.82. The fourth-order valence-electron chi connectivity index (χ4n) is 3.86. The Morgan fingerprint density at radius 3 is 2.45 bits per heavy atom. The first-order chi connectivity index (χ1) is 15.0. The number of methoxy groups -OCH3 is 2. The molecule has 0 spiro atoms. The lowest BCUT2D eigenvalue weighted by Gasteiger charge is -2.21. The number of carbonyl (C=O) groups excluding carboxylic acids is 2. The van der Waals surface area contributed by atoms with E-state index in [4.69, 9.17) is 9.47 Å². The zero-order valence-electron chi connectivity index (χ0n) is 18.0. The van der Waals surface area contributed by atoms with Crippen molar-refractivity contribution in [1.82, 2.24) is 15.5 Å². The zero-order valence-corrected chi connectivity index (χ0v) is 18.0. The van der Waals surface area contributed by atoms with Crippen LogP contribution in [0.5, 0.6) is 11.5 Å². The molecule has 0 aromatic heterocycles. The number of urea groups is 1. The lowest BCUT2D eigenvalue weighted by atomic mass is 9.87. The Hall–Kier alpha value is -3.29. The summed E-state index contributed by atoms with van der Waals surface area (Å²) in [5.41, 5.74) is 1.64. The maximum Gasteiger partial charge on any atom is 0.317 e. The molecule has 166 valence electrons. The number of rotatable bonds is 7. The number of halogens is 1. The molecule has 2 atom stereocenters. The molecule has 0 bridgehead atoms. The van der Waals surface area contributed by atoms with Crippen LogP contribution in [0.15, 0.2) is 42.5 Å². The van der Waals surface area contributed by atoms with Crippen LogP contribution < -0.4 is 20.1 Å². The number of hydrogen-bond acceptors (Lipinski definition) is 4. The quantitative estimate of drug-likeness (QED) is 0.709. The summed E-state index contributed by atoms with van der Waals surface area (Å²) >= 11 is 0. The van der Waals surface area contributed by atoms with Gasteiger partial charge in [-0.1, -0.05) is 18.2 Å². The van der Waals surface area contributed by atoms with Gasteiger partial charge in [-0.2, -0.15) is 0 Å². The molecule has 1 fully saturated rings. The Morgan fingerprint density at radius 2 is 1.81 bits per heavy atom. The van der Waals surface area contributed by atoms with E-state index >= 15 is 0 Å². The molecule has 1 saturated heterocycles. The van der Waals surface area contributed by atoms with Gasteiger partial charge in [-0.15, -0.1) is 0 Å². The predicted octanol–water partition coefficient (Wildman–Crippen LogP) is 2.90. The van der Waals surface area contributed by atoms with Crippen LogP contribution in [0, 0.1) is 11.7 Å². The summed E-state index contributed by atoms with van der Waals surface area (Å²) in [6, 6.07) is 11.3. The lowest BCUT2D eigenvalue weighted by molar-refractivity contribution is -0.125. The van der Waals surface area contributed by atoms with Gasteiger partial charge in [0, 0.05) is 43.7 Å². The number of nitrogens with zero attached hydrogens (tertiary/aromatic N) is 1. The van der Waals surface area contributed by atoms with E-state index in [0.29, 0.717) is 31.1 Å². The molecule has 1 heterocycles. The first-order valence-electron chi connectivity index (χ1n) is 10.2. The minimum atomic E-state index is -0.453. The second-order valence-corrected chi connectivity index (χ2v) is 7.41. The molecule has 0 aliphatic carbocycles. The highest BCUT2D eigenvalue weighted by atomic mass is 19.1. The molecule has 7 nitrogen and oxygen atoms in total. The SMILES string of the molecule is CCNC(=O)N1CC(C(=O)NCc2ccc(F)cc2)C(c2ccc(OC)cc2OC)C1. The van der Waals surface area contributed by atoms with Crippen molar-refractivity contribution in [3.63, 3.8) is 0 Å². The summed E-state index contributed by atoms with van der Waals surface area (Å²) in [6.07, 6.45) is 0. The topological polar surface area (TPSA) is 79.9 Å². The molecule has 2 unspecified atom stereocenters. The van der Waals surface area contributed by atoms with Crippen LogP contribution >= 0.6 is 0 Å². The van der Waals surface area contributed by atoms with Gasteiger partial charge in [0.15, 0.2) is 0 Å². The van der Waals surface area contributed by atoms with Crippen LogP contribution in [0.3, 0.4) is 0 Å². The maximum atomic E-state index is 13.1. The van der Waals surface area contributed by atoms with Gasteiger partial charge in [0.2, 0.25) is 5.91 Å².